The van der Waals surface area contributed by atoms with Gasteiger partial charge in [-0.2, -0.15) is 15.0 Å². The van der Waals surface area contributed by atoms with E-state index < -0.39 is 0 Å². The Morgan fingerprint density at radius 2 is 1.24 bits per heavy atom. The van der Waals surface area contributed by atoms with E-state index in [2.05, 4.69) is 63.8 Å². The van der Waals surface area contributed by atoms with Crippen molar-refractivity contribution in [3.05, 3.63) is 29.8 Å². The van der Waals surface area contributed by atoms with E-state index in [9.17, 15) is 0 Å². The van der Waals surface area contributed by atoms with Crippen LogP contribution in [0.2, 0.25) is 0 Å². The fraction of sp³-hybridized carbons (Fsp3) is 0.526. The summed E-state index contributed by atoms with van der Waals surface area (Å²) in [7, 11) is 0. The van der Waals surface area contributed by atoms with Gasteiger partial charge in [0.25, 0.3) is 0 Å². The number of hydrogen-bond acceptors (Lipinski definition) is 6. The van der Waals surface area contributed by atoms with Crippen LogP contribution in [0, 0.1) is 6.92 Å². The largest absolute Gasteiger partial charge is 0.354 e. The lowest BCUT2D eigenvalue weighted by molar-refractivity contribution is 0.816. The summed E-state index contributed by atoms with van der Waals surface area (Å²) in [6, 6.07) is 8.16. The van der Waals surface area contributed by atoms with Gasteiger partial charge in [0.05, 0.1) is 0 Å². The van der Waals surface area contributed by atoms with Crippen molar-refractivity contribution in [2.45, 2.75) is 53.9 Å². The smallest absolute Gasteiger partial charge is 0.233 e. The van der Waals surface area contributed by atoms with Crippen LogP contribution in [0.25, 0.3) is 0 Å². The first-order chi connectivity index (χ1) is 11.7. The van der Waals surface area contributed by atoms with E-state index >= 15 is 0 Å². The topological polar surface area (TPSA) is 74.8 Å². The molecule has 0 amide bonds. The zero-order chi connectivity index (χ0) is 17.2. The second-order valence-corrected chi connectivity index (χ2v) is 5.86. The predicted octanol–water partition coefficient (Wildman–Crippen LogP) is 4.98. The molecule has 1 aromatic carbocycles. The molecule has 0 aliphatic rings. The van der Waals surface area contributed by atoms with Crippen molar-refractivity contribution < 1.29 is 0 Å². The molecule has 1 heterocycles. The predicted molar refractivity (Wildman–Crippen MR) is 108 cm³/mol. The number of benzene rings is 1. The molecule has 0 saturated carbocycles. The minimum Gasteiger partial charge on any atom is -0.354 e. The Balaban J connectivity index is 0.00000312. The minimum atomic E-state index is 0. The number of rotatable bonds is 10. The van der Waals surface area contributed by atoms with Crippen molar-refractivity contribution in [3.63, 3.8) is 0 Å². The van der Waals surface area contributed by atoms with Crippen molar-refractivity contribution in [3.8, 4) is 0 Å². The Hall–Kier alpha value is -2.37. The number of aromatic nitrogens is 3. The summed E-state index contributed by atoms with van der Waals surface area (Å²) in [6.07, 6.45) is 4.44. The molecule has 0 aliphatic heterocycles. The van der Waals surface area contributed by atoms with Gasteiger partial charge in [-0.3, -0.25) is 0 Å². The first kappa shape index (κ1) is 20.7. The summed E-state index contributed by atoms with van der Waals surface area (Å²) in [5, 5.41) is 9.79. The van der Waals surface area contributed by atoms with Gasteiger partial charge in [-0.15, -0.1) is 0 Å². The summed E-state index contributed by atoms with van der Waals surface area (Å²) in [6.45, 7) is 8.12. The Morgan fingerprint density at radius 1 is 0.760 bits per heavy atom. The summed E-state index contributed by atoms with van der Waals surface area (Å²) < 4.78 is 0. The van der Waals surface area contributed by atoms with Gasteiger partial charge in [-0.1, -0.05) is 51.8 Å². The van der Waals surface area contributed by atoms with Gasteiger partial charge in [0.15, 0.2) is 0 Å². The van der Waals surface area contributed by atoms with Gasteiger partial charge in [0.2, 0.25) is 17.8 Å². The van der Waals surface area contributed by atoms with Crippen molar-refractivity contribution in [2.75, 3.05) is 29.0 Å². The lowest BCUT2D eigenvalue weighted by Gasteiger charge is -2.11. The molecule has 0 atom stereocenters. The van der Waals surface area contributed by atoms with Crippen LogP contribution in [0.3, 0.4) is 0 Å². The Morgan fingerprint density at radius 3 is 1.72 bits per heavy atom. The fourth-order valence-electron chi connectivity index (χ4n) is 2.11. The normalized spacial score (nSPS) is 10.0. The van der Waals surface area contributed by atoms with Crippen LogP contribution in [0.15, 0.2) is 24.3 Å². The van der Waals surface area contributed by atoms with Crippen molar-refractivity contribution in [1.29, 1.82) is 0 Å². The monoisotopic (exact) mass is 344 g/mol. The zero-order valence-electron chi connectivity index (χ0n) is 14.9. The van der Waals surface area contributed by atoms with Crippen LogP contribution in [0.1, 0.15) is 52.5 Å². The lowest BCUT2D eigenvalue weighted by Crippen LogP contribution is -2.12. The molecule has 25 heavy (non-hydrogen) atoms. The molecule has 0 radical (unpaired) electrons. The standard InChI is InChI=1S/C18H28N6.CH4/c1-4-6-12-19-16-22-17(20-13-7-5-2)24-18(23-16)21-15-10-8-14(3)9-11-15;/h8-11H,4-7,12-13H2,1-3H3,(H3,19,20,21,22,23,24);1H4. The maximum atomic E-state index is 4.47. The van der Waals surface area contributed by atoms with Crippen LogP contribution < -0.4 is 16.0 Å². The second kappa shape index (κ2) is 11.2. The quantitative estimate of drug-likeness (QED) is 0.528. The van der Waals surface area contributed by atoms with Gasteiger partial charge in [0.1, 0.15) is 0 Å². The minimum absolute atomic E-state index is 0. The summed E-state index contributed by atoms with van der Waals surface area (Å²) in [5.74, 6) is 1.76. The molecule has 3 N–H and O–H groups in total. The molecule has 138 valence electrons. The van der Waals surface area contributed by atoms with Crippen LogP contribution >= 0.6 is 0 Å². The van der Waals surface area contributed by atoms with E-state index in [0.29, 0.717) is 17.8 Å². The first-order valence-corrected chi connectivity index (χ1v) is 8.78. The van der Waals surface area contributed by atoms with Gasteiger partial charge in [-0.25, -0.2) is 0 Å². The number of unbranched alkanes of at least 4 members (excludes halogenated alkanes) is 2. The van der Waals surface area contributed by atoms with Crippen LogP contribution in [-0.4, -0.2) is 28.0 Å². The highest BCUT2D eigenvalue weighted by molar-refractivity contribution is 5.55. The average molecular weight is 345 g/mol. The van der Waals surface area contributed by atoms with Gasteiger partial charge < -0.3 is 16.0 Å². The molecule has 2 aromatic rings. The zero-order valence-corrected chi connectivity index (χ0v) is 14.9. The third kappa shape index (κ3) is 7.37. The summed E-state index contributed by atoms with van der Waals surface area (Å²) in [5.41, 5.74) is 2.19. The Bertz CT molecular complexity index is 584. The van der Waals surface area contributed by atoms with Gasteiger partial charge >= 0.3 is 0 Å². The first-order valence-electron chi connectivity index (χ1n) is 8.78. The lowest BCUT2D eigenvalue weighted by atomic mass is 10.2. The second-order valence-electron chi connectivity index (χ2n) is 5.86. The molecular weight excluding hydrogens is 312 g/mol. The Kier molecular flexibility index (Phi) is 9.29. The summed E-state index contributed by atoms with van der Waals surface area (Å²) in [4.78, 5) is 13.4. The van der Waals surface area contributed by atoms with E-state index in [-0.39, 0.29) is 7.43 Å². The van der Waals surface area contributed by atoms with Crippen LogP contribution in [0.4, 0.5) is 23.5 Å². The number of nitrogens with one attached hydrogen (secondary N) is 3. The highest BCUT2D eigenvalue weighted by atomic mass is 15.3. The molecule has 0 saturated heterocycles. The maximum absolute atomic E-state index is 4.47. The molecule has 1 aromatic heterocycles. The molecule has 0 spiro atoms. The van der Waals surface area contributed by atoms with Gasteiger partial charge in [0, 0.05) is 18.8 Å². The third-order valence-electron chi connectivity index (χ3n) is 3.57. The fourth-order valence-corrected chi connectivity index (χ4v) is 2.11. The molecular formula is C19H32N6. The number of hydrogen-bond donors (Lipinski definition) is 3. The van der Waals surface area contributed by atoms with E-state index in [1.807, 2.05) is 12.1 Å². The highest BCUT2D eigenvalue weighted by Gasteiger charge is 2.06. The molecule has 6 heteroatoms. The number of anilines is 4. The van der Waals surface area contributed by atoms with Crippen LogP contribution in [-0.2, 0) is 0 Å². The molecule has 2 rings (SSSR count). The number of nitrogens with zero attached hydrogens (tertiary/aromatic N) is 3. The van der Waals surface area contributed by atoms with Gasteiger partial charge in [-0.05, 0) is 31.9 Å². The van der Waals surface area contributed by atoms with Crippen molar-refractivity contribution in [2.24, 2.45) is 0 Å². The average Bonchev–Trinajstić information content (AvgIpc) is 2.57. The molecule has 0 fully saturated rings. The van der Waals surface area contributed by atoms with Crippen LogP contribution in [0.5, 0.6) is 0 Å². The van der Waals surface area contributed by atoms with E-state index in [0.717, 1.165) is 44.5 Å². The van der Waals surface area contributed by atoms with Crippen molar-refractivity contribution in [1.82, 2.24) is 15.0 Å². The van der Waals surface area contributed by atoms with E-state index in [1.54, 1.807) is 0 Å². The SMILES string of the molecule is C.CCCCNc1nc(NCCCC)nc(Nc2ccc(C)cc2)n1. The molecule has 0 bridgehead atoms. The molecule has 0 aliphatic carbocycles. The third-order valence-corrected chi connectivity index (χ3v) is 3.57. The Labute approximate surface area is 151 Å². The molecule has 0 unspecified atom stereocenters. The molecule has 6 nitrogen and oxygen atoms in total. The summed E-state index contributed by atoms with van der Waals surface area (Å²) >= 11 is 0. The van der Waals surface area contributed by atoms with E-state index in [1.165, 1.54) is 5.56 Å². The van der Waals surface area contributed by atoms with Crippen molar-refractivity contribution >= 4 is 23.5 Å². The van der Waals surface area contributed by atoms with E-state index in [4.69, 9.17) is 0 Å². The highest BCUT2D eigenvalue weighted by Crippen LogP contribution is 2.16. The number of aryl methyl sites for hydroxylation is 1. The maximum Gasteiger partial charge on any atom is 0.233 e.